The molecule has 3 aliphatic rings. The normalized spacial score (nSPS) is 18.6. The van der Waals surface area contributed by atoms with E-state index in [1.54, 1.807) is 14.2 Å². The van der Waals surface area contributed by atoms with Gasteiger partial charge in [-0.05, 0) is 135 Å². The summed E-state index contributed by atoms with van der Waals surface area (Å²) in [5.41, 5.74) is 16.8. The van der Waals surface area contributed by atoms with Crippen LogP contribution in [-0.2, 0) is 20.3 Å². The van der Waals surface area contributed by atoms with Crippen molar-refractivity contribution in [3.05, 3.63) is 153 Å². The molecule has 6 nitrogen and oxygen atoms in total. The summed E-state index contributed by atoms with van der Waals surface area (Å²) in [4.78, 5) is 2.44. The van der Waals surface area contributed by atoms with Gasteiger partial charge in [0.2, 0.25) is 5.69 Å². The van der Waals surface area contributed by atoms with Gasteiger partial charge in [0.1, 0.15) is 6.61 Å². The second kappa shape index (κ2) is 17.0. The molecule has 0 aromatic heterocycles. The standard InChI is InChI=1S/C50H58BrN4O2/c1-34-12-9-16-38(30-34)52-40-20-22-44-42(32-40)49(3,4)46(54(44)26-28-56-7)24-18-36-14-11-15-37(48(36)51)19-25-47-50(5,6)43-33-41(53-39-17-10-13-35(2)31-39)21-23-45(43)55(47)27-29-57-8/h9-10,12-13,16-25,30-33,52-53H,11,14-15,26-29H2,1-8H3/q+1. The Morgan fingerprint density at radius 2 is 1.35 bits per heavy atom. The Balaban J connectivity index is 1.18. The molecule has 0 spiro atoms. The van der Waals surface area contributed by atoms with Crippen LogP contribution in [0.25, 0.3) is 0 Å². The zero-order chi connectivity index (χ0) is 40.3. The predicted molar refractivity (Wildman–Crippen MR) is 244 cm³/mol. The molecule has 4 aromatic carbocycles. The minimum absolute atomic E-state index is 0.196. The van der Waals surface area contributed by atoms with Crippen molar-refractivity contribution in [2.75, 3.05) is 56.1 Å². The highest BCUT2D eigenvalue weighted by Gasteiger charge is 2.44. The molecule has 57 heavy (non-hydrogen) atoms. The molecule has 2 aliphatic heterocycles. The van der Waals surface area contributed by atoms with E-state index in [1.165, 1.54) is 60.7 Å². The van der Waals surface area contributed by atoms with E-state index in [-0.39, 0.29) is 10.8 Å². The second-order valence-electron chi connectivity index (χ2n) is 16.6. The Labute approximate surface area is 348 Å². The Morgan fingerprint density at radius 1 is 0.719 bits per heavy atom. The number of anilines is 5. The summed E-state index contributed by atoms with van der Waals surface area (Å²) in [6.45, 7) is 16.5. The first-order valence-corrected chi connectivity index (χ1v) is 21.0. The quantitative estimate of drug-likeness (QED) is 0.132. The third-order valence-corrected chi connectivity index (χ3v) is 12.8. The van der Waals surface area contributed by atoms with Crippen molar-refractivity contribution in [3.63, 3.8) is 0 Å². The van der Waals surface area contributed by atoms with E-state index in [0.29, 0.717) is 13.2 Å². The lowest BCUT2D eigenvalue weighted by molar-refractivity contribution is -0.441. The molecule has 0 atom stereocenters. The van der Waals surface area contributed by atoms with Gasteiger partial charge in [0.05, 0.1) is 12.0 Å². The zero-order valence-corrected chi connectivity index (χ0v) is 36.5. The summed E-state index contributed by atoms with van der Waals surface area (Å²) < 4.78 is 14.9. The van der Waals surface area contributed by atoms with Gasteiger partial charge < -0.3 is 25.0 Å². The smallest absolute Gasteiger partial charge is 0.210 e. The summed E-state index contributed by atoms with van der Waals surface area (Å²) in [6.07, 6.45) is 12.6. The van der Waals surface area contributed by atoms with Crippen molar-refractivity contribution in [1.29, 1.82) is 0 Å². The zero-order valence-electron chi connectivity index (χ0n) is 34.9. The molecule has 0 saturated heterocycles. The molecule has 0 saturated carbocycles. The van der Waals surface area contributed by atoms with Crippen LogP contribution in [0.2, 0.25) is 0 Å². The van der Waals surface area contributed by atoms with Gasteiger partial charge in [-0.1, -0.05) is 66.2 Å². The average Bonchev–Trinajstić information content (AvgIpc) is 3.52. The fraction of sp³-hybridized carbons (Fsp3) is 0.340. The summed E-state index contributed by atoms with van der Waals surface area (Å²) in [6, 6.07) is 30.6. The average molecular weight is 827 g/mol. The predicted octanol–water partition coefficient (Wildman–Crippen LogP) is 12.5. The highest BCUT2D eigenvalue weighted by Crippen LogP contribution is 2.49. The number of nitrogens with one attached hydrogen (secondary N) is 2. The van der Waals surface area contributed by atoms with Crippen molar-refractivity contribution in [2.45, 2.75) is 71.6 Å². The molecular formula is C50H58BrN4O2+. The number of hydrogen-bond acceptors (Lipinski definition) is 5. The van der Waals surface area contributed by atoms with Gasteiger partial charge in [0.25, 0.3) is 0 Å². The molecule has 0 bridgehead atoms. The number of allylic oxidation sites excluding steroid dienone is 8. The van der Waals surface area contributed by atoms with E-state index < -0.39 is 0 Å². The maximum absolute atomic E-state index is 5.61. The van der Waals surface area contributed by atoms with Crippen LogP contribution < -0.4 is 15.5 Å². The molecule has 0 unspecified atom stereocenters. The van der Waals surface area contributed by atoms with Crippen LogP contribution in [0.15, 0.2) is 131 Å². The maximum Gasteiger partial charge on any atom is 0.210 e. The summed E-state index contributed by atoms with van der Waals surface area (Å²) in [5, 5.41) is 7.28. The molecule has 0 amide bonds. The van der Waals surface area contributed by atoms with E-state index in [4.69, 9.17) is 9.47 Å². The van der Waals surface area contributed by atoms with Crippen LogP contribution in [0, 0.1) is 13.8 Å². The molecule has 0 fully saturated rings. The number of hydrogen-bond donors (Lipinski definition) is 2. The van der Waals surface area contributed by atoms with E-state index in [1.807, 2.05) is 0 Å². The molecule has 7 heteroatoms. The molecule has 296 valence electrons. The van der Waals surface area contributed by atoms with Crippen molar-refractivity contribution in [1.82, 2.24) is 0 Å². The number of ether oxygens (including phenoxy) is 2. The van der Waals surface area contributed by atoms with Crippen LogP contribution in [0.4, 0.5) is 34.1 Å². The van der Waals surface area contributed by atoms with Gasteiger partial charge in [0.15, 0.2) is 12.3 Å². The lowest BCUT2D eigenvalue weighted by atomic mass is 9.81. The highest BCUT2D eigenvalue weighted by molar-refractivity contribution is 9.12. The summed E-state index contributed by atoms with van der Waals surface area (Å²) >= 11 is 4.10. The minimum Gasteiger partial charge on any atom is -0.383 e. The highest BCUT2D eigenvalue weighted by atomic mass is 79.9. The molecular weight excluding hydrogens is 768 g/mol. The van der Waals surface area contributed by atoms with Gasteiger partial charge in [-0.2, -0.15) is 4.58 Å². The summed E-state index contributed by atoms with van der Waals surface area (Å²) in [5.74, 6) is 0. The van der Waals surface area contributed by atoms with Gasteiger partial charge in [-0.3, -0.25) is 0 Å². The monoisotopic (exact) mass is 825 g/mol. The van der Waals surface area contributed by atoms with Crippen molar-refractivity contribution in [3.8, 4) is 0 Å². The fourth-order valence-corrected chi connectivity index (χ4v) is 9.36. The van der Waals surface area contributed by atoms with Crippen LogP contribution >= 0.6 is 15.9 Å². The maximum atomic E-state index is 5.61. The number of rotatable bonds is 13. The molecule has 2 heterocycles. The number of nitrogens with zero attached hydrogens (tertiary/aromatic N) is 2. The molecule has 4 aromatic rings. The van der Waals surface area contributed by atoms with E-state index in [9.17, 15) is 0 Å². The van der Waals surface area contributed by atoms with Crippen LogP contribution in [0.5, 0.6) is 0 Å². The first kappa shape index (κ1) is 40.5. The second-order valence-corrected chi connectivity index (χ2v) is 17.4. The Hall–Kier alpha value is -4.69. The molecule has 2 N–H and O–H groups in total. The molecule has 0 radical (unpaired) electrons. The fourth-order valence-electron chi connectivity index (χ4n) is 8.70. The molecule has 1 aliphatic carbocycles. The van der Waals surface area contributed by atoms with E-state index in [2.05, 4.69) is 187 Å². The van der Waals surface area contributed by atoms with Gasteiger partial charge in [0, 0.05) is 82.5 Å². The summed E-state index contributed by atoms with van der Waals surface area (Å²) in [7, 11) is 3.56. The molecule has 7 rings (SSSR count). The minimum atomic E-state index is -0.196. The number of halogens is 1. The van der Waals surface area contributed by atoms with Crippen molar-refractivity contribution >= 4 is 55.8 Å². The van der Waals surface area contributed by atoms with Gasteiger partial charge in [-0.15, -0.1) is 0 Å². The van der Waals surface area contributed by atoms with Gasteiger partial charge >= 0.3 is 0 Å². The Bertz CT molecular complexity index is 2310. The third kappa shape index (κ3) is 8.48. The Morgan fingerprint density at radius 3 is 2.00 bits per heavy atom. The SMILES string of the molecule is COCCN1/C(=C\C=C2/CCCC(/C=C/C3=[N+](CCOC)c4ccc(Nc5cccc(C)c5)cc4C3(C)C)=C2Br)C(C)(C)c2cc(Nc3cccc(C)c3)ccc21. The first-order chi connectivity index (χ1) is 27.4. The van der Waals surface area contributed by atoms with Crippen molar-refractivity contribution < 1.29 is 14.0 Å². The lowest BCUT2D eigenvalue weighted by Gasteiger charge is -2.27. The van der Waals surface area contributed by atoms with Crippen LogP contribution in [-0.4, -0.2) is 50.8 Å². The number of fused-ring (bicyclic) bond motifs is 2. The number of aryl methyl sites for hydroxylation is 2. The lowest BCUT2D eigenvalue weighted by Crippen LogP contribution is -2.29. The number of benzene rings is 4. The number of methoxy groups -OCH3 is 2. The first-order valence-electron chi connectivity index (χ1n) is 20.3. The van der Waals surface area contributed by atoms with E-state index in [0.717, 1.165) is 55.1 Å². The third-order valence-electron chi connectivity index (χ3n) is 11.8. The van der Waals surface area contributed by atoms with Crippen molar-refractivity contribution in [2.24, 2.45) is 0 Å². The topological polar surface area (TPSA) is 48.8 Å². The van der Waals surface area contributed by atoms with Crippen LogP contribution in [0.1, 0.15) is 69.2 Å². The largest absolute Gasteiger partial charge is 0.383 e. The van der Waals surface area contributed by atoms with E-state index >= 15 is 0 Å². The van der Waals surface area contributed by atoms with Gasteiger partial charge in [-0.25, -0.2) is 0 Å². The van der Waals surface area contributed by atoms with Crippen LogP contribution in [0.3, 0.4) is 0 Å². The Kier molecular flexibility index (Phi) is 12.1.